The normalized spacial score (nSPS) is 13.4. The van der Waals surface area contributed by atoms with Crippen molar-refractivity contribution in [3.63, 3.8) is 0 Å². The van der Waals surface area contributed by atoms with E-state index >= 15 is 0 Å². The van der Waals surface area contributed by atoms with E-state index in [1.807, 2.05) is 0 Å². The minimum absolute atomic E-state index is 0.0561. The number of hydrogen-bond donors (Lipinski definition) is 2. The van der Waals surface area contributed by atoms with Crippen LogP contribution in [0.1, 0.15) is 206 Å². The van der Waals surface area contributed by atoms with Crippen molar-refractivity contribution in [2.24, 2.45) is 5.73 Å². The molecule has 10 heteroatoms. The summed E-state index contributed by atoms with van der Waals surface area (Å²) in [7, 11) is -4.36. The molecular weight excluding hydrogens is 665 g/mol. The number of carbonyl (C=O) groups excluding carboxylic acids is 2. The number of rotatable bonds is 40. The Labute approximate surface area is 313 Å². The van der Waals surface area contributed by atoms with Crippen LogP contribution in [0.2, 0.25) is 0 Å². The fourth-order valence-corrected chi connectivity index (χ4v) is 6.75. The first kappa shape index (κ1) is 49.8. The van der Waals surface area contributed by atoms with E-state index in [4.69, 9.17) is 24.3 Å². The van der Waals surface area contributed by atoms with E-state index in [2.05, 4.69) is 26.0 Å². The molecule has 2 atom stereocenters. The zero-order chi connectivity index (χ0) is 37.5. The highest BCUT2D eigenvalue weighted by Crippen LogP contribution is 2.43. The zero-order valence-electron chi connectivity index (χ0n) is 33.1. The third-order valence-corrected chi connectivity index (χ3v) is 10.1. The molecule has 0 aliphatic carbocycles. The monoisotopic (exact) mass is 746 g/mol. The number of unbranched alkanes of at least 4 members (excludes halogenated alkanes) is 25. The lowest BCUT2D eigenvalue weighted by Gasteiger charge is -2.19. The van der Waals surface area contributed by atoms with Gasteiger partial charge in [-0.15, -0.1) is 0 Å². The van der Waals surface area contributed by atoms with Crippen LogP contribution in [0.25, 0.3) is 0 Å². The Morgan fingerprint density at radius 1 is 0.569 bits per heavy atom. The van der Waals surface area contributed by atoms with Gasteiger partial charge in [-0.05, 0) is 38.5 Å². The molecule has 0 heterocycles. The van der Waals surface area contributed by atoms with E-state index in [9.17, 15) is 19.0 Å². The average Bonchev–Trinajstić information content (AvgIpc) is 3.11. The van der Waals surface area contributed by atoms with Crippen molar-refractivity contribution in [3.05, 3.63) is 12.2 Å². The Balaban J connectivity index is 4.01. The highest BCUT2D eigenvalue weighted by atomic mass is 31.2. The Hall–Kier alpha value is -1.25. The minimum Gasteiger partial charge on any atom is -0.462 e. The Kier molecular flexibility index (Phi) is 37.5. The second kappa shape index (κ2) is 38.5. The van der Waals surface area contributed by atoms with Crippen LogP contribution in [0, 0.1) is 0 Å². The molecule has 0 aliphatic heterocycles. The number of allylic oxidation sites excluding steroid dienone is 2. The summed E-state index contributed by atoms with van der Waals surface area (Å²) in [5.74, 6) is -0.824. The van der Waals surface area contributed by atoms with Crippen LogP contribution in [0.3, 0.4) is 0 Å². The van der Waals surface area contributed by atoms with E-state index < -0.39 is 26.5 Å². The second-order valence-electron chi connectivity index (χ2n) is 14.2. The number of esters is 2. The third-order valence-electron chi connectivity index (χ3n) is 9.15. The van der Waals surface area contributed by atoms with Gasteiger partial charge >= 0.3 is 19.8 Å². The Morgan fingerprint density at radius 2 is 0.961 bits per heavy atom. The molecule has 0 saturated carbocycles. The maximum Gasteiger partial charge on any atom is 0.472 e. The van der Waals surface area contributed by atoms with Crippen LogP contribution in [0.15, 0.2) is 12.2 Å². The standard InChI is InChI=1S/C41H80NO8P/c1-3-5-7-9-11-13-14-15-16-17-18-19-20-21-22-23-24-26-27-29-31-33-40(43)47-37-39(38-49-51(45,46)48-36-35-42)50-41(44)34-32-30-28-25-12-10-8-6-4-2/h15-16,39H,3-14,17-38,42H2,1-2H3,(H,45,46)/b16-15+/t39-/m0/s1. The topological polar surface area (TPSA) is 134 Å². The van der Waals surface area contributed by atoms with Gasteiger partial charge in [0.2, 0.25) is 0 Å². The molecular formula is C41H80NO8P. The summed E-state index contributed by atoms with van der Waals surface area (Å²) in [5.41, 5.74) is 5.33. The largest absolute Gasteiger partial charge is 0.472 e. The summed E-state index contributed by atoms with van der Waals surface area (Å²) in [6.45, 7) is 3.72. The van der Waals surface area contributed by atoms with Crippen molar-refractivity contribution >= 4 is 19.8 Å². The molecule has 0 radical (unpaired) electrons. The average molecular weight is 746 g/mol. The molecule has 0 bridgehead atoms. The quantitative estimate of drug-likeness (QED) is 0.0272. The molecule has 3 N–H and O–H groups in total. The maximum absolute atomic E-state index is 12.5. The zero-order valence-corrected chi connectivity index (χ0v) is 34.0. The molecule has 302 valence electrons. The van der Waals surface area contributed by atoms with E-state index in [1.165, 1.54) is 135 Å². The van der Waals surface area contributed by atoms with Gasteiger partial charge in [-0.25, -0.2) is 4.57 Å². The number of carbonyl (C=O) groups is 2. The van der Waals surface area contributed by atoms with Crippen LogP contribution < -0.4 is 5.73 Å². The van der Waals surface area contributed by atoms with Crippen LogP contribution >= 0.6 is 7.82 Å². The summed E-state index contributed by atoms with van der Waals surface area (Å²) in [6, 6.07) is 0. The highest BCUT2D eigenvalue weighted by Gasteiger charge is 2.26. The lowest BCUT2D eigenvalue weighted by atomic mass is 10.0. The molecule has 9 nitrogen and oxygen atoms in total. The summed E-state index contributed by atoms with van der Waals surface area (Å²) >= 11 is 0. The number of ether oxygens (including phenoxy) is 2. The summed E-state index contributed by atoms with van der Waals surface area (Å²) in [6.07, 6.45) is 38.3. The van der Waals surface area contributed by atoms with Gasteiger partial charge in [-0.3, -0.25) is 18.6 Å². The number of nitrogens with two attached hydrogens (primary N) is 1. The van der Waals surface area contributed by atoms with Crippen LogP contribution in [0.5, 0.6) is 0 Å². The van der Waals surface area contributed by atoms with E-state index in [0.717, 1.165) is 38.5 Å². The minimum atomic E-state index is -4.36. The fraction of sp³-hybridized carbons (Fsp3) is 0.902. The third kappa shape index (κ3) is 38.3. The van der Waals surface area contributed by atoms with Gasteiger partial charge in [0.1, 0.15) is 6.61 Å². The van der Waals surface area contributed by atoms with Crippen molar-refractivity contribution in [3.8, 4) is 0 Å². The van der Waals surface area contributed by atoms with Crippen LogP contribution in [-0.4, -0.2) is 49.3 Å². The van der Waals surface area contributed by atoms with Crippen molar-refractivity contribution in [1.82, 2.24) is 0 Å². The fourth-order valence-electron chi connectivity index (χ4n) is 5.98. The second-order valence-corrected chi connectivity index (χ2v) is 15.7. The van der Waals surface area contributed by atoms with Gasteiger partial charge in [0.15, 0.2) is 6.10 Å². The SMILES string of the molecule is CCCCCCCC/C=C/CCCCCCCCCCCCCC(=O)OC[C@@H](COP(=O)(O)OCCN)OC(=O)CCCCCCCCCCC. The first-order valence-electron chi connectivity index (χ1n) is 21.2. The number of phosphoric ester groups is 1. The molecule has 0 spiro atoms. The van der Waals surface area contributed by atoms with Gasteiger partial charge in [-0.1, -0.05) is 167 Å². The molecule has 0 aromatic rings. The van der Waals surface area contributed by atoms with Gasteiger partial charge in [0.25, 0.3) is 0 Å². The Bertz CT molecular complexity index is 856. The number of phosphoric acid groups is 1. The van der Waals surface area contributed by atoms with Crippen molar-refractivity contribution in [2.75, 3.05) is 26.4 Å². The molecule has 0 amide bonds. The van der Waals surface area contributed by atoms with E-state index in [1.54, 1.807) is 0 Å². The summed E-state index contributed by atoms with van der Waals surface area (Å²) < 4.78 is 32.7. The molecule has 0 aromatic carbocycles. The molecule has 0 aromatic heterocycles. The van der Waals surface area contributed by atoms with Crippen molar-refractivity contribution in [1.29, 1.82) is 0 Å². The highest BCUT2D eigenvalue weighted by molar-refractivity contribution is 7.47. The predicted octanol–water partition coefficient (Wildman–Crippen LogP) is 11.8. The molecule has 1 unspecified atom stereocenters. The summed E-state index contributed by atoms with van der Waals surface area (Å²) in [4.78, 5) is 34.7. The lowest BCUT2D eigenvalue weighted by molar-refractivity contribution is -0.161. The molecule has 0 fully saturated rings. The summed E-state index contributed by atoms with van der Waals surface area (Å²) in [5, 5.41) is 0. The smallest absolute Gasteiger partial charge is 0.462 e. The Morgan fingerprint density at radius 3 is 1.39 bits per heavy atom. The lowest BCUT2D eigenvalue weighted by Crippen LogP contribution is -2.29. The van der Waals surface area contributed by atoms with Gasteiger partial charge in [0.05, 0.1) is 13.2 Å². The first-order chi connectivity index (χ1) is 24.8. The molecule has 51 heavy (non-hydrogen) atoms. The van der Waals surface area contributed by atoms with E-state index in [0.29, 0.717) is 6.42 Å². The van der Waals surface area contributed by atoms with Gasteiger partial charge in [-0.2, -0.15) is 0 Å². The maximum atomic E-state index is 12.5. The first-order valence-corrected chi connectivity index (χ1v) is 22.7. The predicted molar refractivity (Wildman–Crippen MR) is 211 cm³/mol. The van der Waals surface area contributed by atoms with E-state index in [-0.39, 0.29) is 38.6 Å². The van der Waals surface area contributed by atoms with Crippen molar-refractivity contribution in [2.45, 2.75) is 213 Å². The molecule has 0 saturated heterocycles. The number of hydrogen-bond acceptors (Lipinski definition) is 8. The molecule has 0 rings (SSSR count). The van der Waals surface area contributed by atoms with Crippen molar-refractivity contribution < 1.29 is 37.6 Å². The molecule has 0 aliphatic rings. The van der Waals surface area contributed by atoms with Crippen LogP contribution in [0.4, 0.5) is 0 Å². The van der Waals surface area contributed by atoms with Gasteiger partial charge in [0, 0.05) is 19.4 Å². The van der Waals surface area contributed by atoms with Crippen LogP contribution in [-0.2, 0) is 32.7 Å². The van der Waals surface area contributed by atoms with Gasteiger partial charge < -0.3 is 20.1 Å².